The molecule has 0 N–H and O–H groups in total. The van der Waals surface area contributed by atoms with E-state index in [0.717, 1.165) is 40.5 Å². The van der Waals surface area contributed by atoms with Crippen LogP contribution in [-0.2, 0) is 0 Å². The largest absolute Gasteiger partial charge is 0.298 e. The standard InChI is InChI=1S/C16H16BrClN2O/c1-10-8-12(17)6-7-14(10)20-16(18)13(9-21)15(19-20)11-4-2-3-5-11/h6-9,11H,2-5H2,1H3. The average molecular weight is 368 g/mol. The van der Waals surface area contributed by atoms with E-state index in [0.29, 0.717) is 16.6 Å². The van der Waals surface area contributed by atoms with Gasteiger partial charge in [-0.05, 0) is 43.5 Å². The van der Waals surface area contributed by atoms with Crippen molar-refractivity contribution in [2.45, 2.75) is 38.5 Å². The molecule has 21 heavy (non-hydrogen) atoms. The number of hydrogen-bond acceptors (Lipinski definition) is 2. The van der Waals surface area contributed by atoms with Gasteiger partial charge in [0.25, 0.3) is 0 Å². The maximum absolute atomic E-state index is 11.4. The van der Waals surface area contributed by atoms with Crippen LogP contribution in [0.5, 0.6) is 0 Å². The molecule has 0 unspecified atom stereocenters. The highest BCUT2D eigenvalue weighted by Crippen LogP contribution is 2.37. The Bertz CT molecular complexity index is 690. The van der Waals surface area contributed by atoms with Gasteiger partial charge in [-0.2, -0.15) is 5.10 Å². The van der Waals surface area contributed by atoms with Gasteiger partial charge in [0, 0.05) is 10.4 Å². The summed E-state index contributed by atoms with van der Waals surface area (Å²) in [5, 5.41) is 5.08. The first kappa shape index (κ1) is 14.8. The Labute approximate surface area is 137 Å². The van der Waals surface area contributed by atoms with Crippen LogP contribution < -0.4 is 0 Å². The molecule has 5 heteroatoms. The fraction of sp³-hybridized carbons (Fsp3) is 0.375. The van der Waals surface area contributed by atoms with Gasteiger partial charge in [0.2, 0.25) is 0 Å². The average Bonchev–Trinajstić information content (AvgIpc) is 3.07. The van der Waals surface area contributed by atoms with Crippen LogP contribution in [0.15, 0.2) is 22.7 Å². The number of carbonyl (C=O) groups excluding carboxylic acids is 1. The molecule has 0 aliphatic heterocycles. The van der Waals surface area contributed by atoms with Crippen LogP contribution in [-0.4, -0.2) is 16.1 Å². The molecular weight excluding hydrogens is 352 g/mol. The number of nitrogens with zero attached hydrogens (tertiary/aromatic N) is 2. The number of aldehydes is 1. The minimum Gasteiger partial charge on any atom is -0.298 e. The molecule has 1 heterocycles. The number of hydrogen-bond donors (Lipinski definition) is 0. The quantitative estimate of drug-likeness (QED) is 0.710. The smallest absolute Gasteiger partial charge is 0.155 e. The Balaban J connectivity index is 2.12. The third kappa shape index (κ3) is 2.67. The Morgan fingerprint density at radius 2 is 2.10 bits per heavy atom. The lowest BCUT2D eigenvalue weighted by molar-refractivity contribution is 0.112. The van der Waals surface area contributed by atoms with Crippen molar-refractivity contribution in [3.05, 3.63) is 44.6 Å². The minimum atomic E-state index is 0.361. The van der Waals surface area contributed by atoms with Gasteiger partial charge in [-0.25, -0.2) is 4.68 Å². The van der Waals surface area contributed by atoms with Gasteiger partial charge in [-0.15, -0.1) is 0 Å². The summed E-state index contributed by atoms with van der Waals surface area (Å²) in [7, 11) is 0. The molecule has 3 nitrogen and oxygen atoms in total. The summed E-state index contributed by atoms with van der Waals surface area (Å²) in [6.45, 7) is 2.01. The molecule has 0 saturated heterocycles. The van der Waals surface area contributed by atoms with Crippen LogP contribution in [0.1, 0.15) is 53.2 Å². The lowest BCUT2D eigenvalue weighted by Gasteiger charge is -2.08. The van der Waals surface area contributed by atoms with Gasteiger partial charge in [0.1, 0.15) is 5.15 Å². The zero-order valence-electron chi connectivity index (χ0n) is 11.8. The van der Waals surface area contributed by atoms with E-state index >= 15 is 0 Å². The predicted octanol–water partition coefficient (Wildman–Crippen LogP) is 5.07. The van der Waals surface area contributed by atoms with Gasteiger partial charge in [-0.1, -0.05) is 40.4 Å². The maximum Gasteiger partial charge on any atom is 0.155 e. The normalized spacial score (nSPS) is 15.6. The molecule has 0 radical (unpaired) electrons. The van der Waals surface area contributed by atoms with Crippen LogP contribution in [0.4, 0.5) is 0 Å². The molecule has 0 spiro atoms. The zero-order chi connectivity index (χ0) is 15.0. The van der Waals surface area contributed by atoms with E-state index in [1.165, 1.54) is 12.8 Å². The van der Waals surface area contributed by atoms with E-state index < -0.39 is 0 Å². The number of rotatable bonds is 3. The second-order valence-electron chi connectivity index (χ2n) is 5.53. The van der Waals surface area contributed by atoms with Crippen LogP contribution in [0.2, 0.25) is 5.15 Å². The summed E-state index contributed by atoms with van der Waals surface area (Å²) in [6, 6.07) is 5.94. The van der Waals surface area contributed by atoms with Crippen LogP contribution >= 0.6 is 27.5 Å². The van der Waals surface area contributed by atoms with Gasteiger partial charge >= 0.3 is 0 Å². The van der Waals surface area contributed by atoms with Crippen molar-refractivity contribution in [2.24, 2.45) is 0 Å². The van der Waals surface area contributed by atoms with E-state index in [9.17, 15) is 4.79 Å². The van der Waals surface area contributed by atoms with Crippen molar-refractivity contribution in [3.8, 4) is 5.69 Å². The molecule has 1 aliphatic rings. The number of aryl methyl sites for hydroxylation is 1. The SMILES string of the molecule is Cc1cc(Br)ccc1-n1nc(C2CCCC2)c(C=O)c1Cl. The Kier molecular flexibility index (Phi) is 4.18. The summed E-state index contributed by atoms with van der Waals surface area (Å²) in [5.74, 6) is 0.361. The van der Waals surface area contributed by atoms with Crippen LogP contribution in [0.25, 0.3) is 5.69 Å². The van der Waals surface area contributed by atoms with Crippen molar-refractivity contribution in [1.82, 2.24) is 9.78 Å². The maximum atomic E-state index is 11.4. The lowest BCUT2D eigenvalue weighted by Crippen LogP contribution is -2.01. The van der Waals surface area contributed by atoms with E-state index in [1.807, 2.05) is 25.1 Å². The Morgan fingerprint density at radius 3 is 2.71 bits per heavy atom. The summed E-state index contributed by atoms with van der Waals surface area (Å²) in [4.78, 5) is 11.4. The van der Waals surface area contributed by atoms with Gasteiger partial charge < -0.3 is 0 Å². The Hall–Kier alpha value is -1.13. The van der Waals surface area contributed by atoms with Gasteiger partial charge in [-0.3, -0.25) is 4.79 Å². The number of benzene rings is 1. The first-order valence-electron chi connectivity index (χ1n) is 7.12. The van der Waals surface area contributed by atoms with Crippen molar-refractivity contribution in [3.63, 3.8) is 0 Å². The predicted molar refractivity (Wildman–Crippen MR) is 87.6 cm³/mol. The number of aromatic nitrogens is 2. The highest BCUT2D eigenvalue weighted by molar-refractivity contribution is 9.10. The monoisotopic (exact) mass is 366 g/mol. The van der Waals surface area contributed by atoms with Gasteiger partial charge in [0.05, 0.1) is 16.9 Å². The third-order valence-corrected chi connectivity index (χ3v) is 5.00. The third-order valence-electron chi connectivity index (χ3n) is 4.14. The molecule has 0 amide bonds. The molecule has 0 atom stereocenters. The lowest BCUT2D eigenvalue weighted by atomic mass is 10.0. The molecule has 1 fully saturated rings. The van der Waals surface area contributed by atoms with Gasteiger partial charge in [0.15, 0.2) is 6.29 Å². The fourth-order valence-corrected chi connectivity index (χ4v) is 3.80. The Morgan fingerprint density at radius 1 is 1.38 bits per heavy atom. The second-order valence-corrected chi connectivity index (χ2v) is 6.81. The number of carbonyl (C=O) groups is 1. The van der Waals surface area contributed by atoms with E-state index in [2.05, 4.69) is 21.0 Å². The number of halogens is 2. The van der Waals surface area contributed by atoms with Crippen molar-refractivity contribution >= 4 is 33.8 Å². The molecule has 1 aromatic carbocycles. The first-order chi connectivity index (χ1) is 10.1. The minimum absolute atomic E-state index is 0.361. The molecule has 1 aliphatic carbocycles. The van der Waals surface area contributed by atoms with Crippen molar-refractivity contribution in [2.75, 3.05) is 0 Å². The summed E-state index contributed by atoms with van der Waals surface area (Å²) < 4.78 is 2.71. The molecule has 0 bridgehead atoms. The molecule has 3 rings (SSSR count). The molecular formula is C16H16BrClN2O. The molecule has 1 saturated carbocycles. The van der Waals surface area contributed by atoms with Crippen LogP contribution in [0.3, 0.4) is 0 Å². The highest BCUT2D eigenvalue weighted by atomic mass is 79.9. The second kappa shape index (κ2) is 5.93. The van der Waals surface area contributed by atoms with Crippen LogP contribution in [0, 0.1) is 6.92 Å². The zero-order valence-corrected chi connectivity index (χ0v) is 14.1. The van der Waals surface area contributed by atoms with Crippen molar-refractivity contribution < 1.29 is 4.79 Å². The van der Waals surface area contributed by atoms with E-state index in [1.54, 1.807) is 4.68 Å². The highest BCUT2D eigenvalue weighted by Gasteiger charge is 2.26. The van der Waals surface area contributed by atoms with Crippen molar-refractivity contribution in [1.29, 1.82) is 0 Å². The first-order valence-corrected chi connectivity index (χ1v) is 8.29. The molecule has 1 aromatic heterocycles. The van der Waals surface area contributed by atoms with E-state index in [-0.39, 0.29) is 0 Å². The summed E-state index contributed by atoms with van der Waals surface area (Å²) >= 11 is 9.87. The molecule has 2 aromatic rings. The summed E-state index contributed by atoms with van der Waals surface area (Å²) in [6.07, 6.45) is 5.42. The topological polar surface area (TPSA) is 34.9 Å². The summed E-state index contributed by atoms with van der Waals surface area (Å²) in [5.41, 5.74) is 3.38. The fourth-order valence-electron chi connectivity index (χ4n) is 3.05. The molecule has 110 valence electrons. The van der Waals surface area contributed by atoms with E-state index in [4.69, 9.17) is 11.6 Å².